The van der Waals surface area contributed by atoms with Gasteiger partial charge in [-0.2, -0.15) is 0 Å². The number of carbonyl (C=O) groups is 1. The zero-order chi connectivity index (χ0) is 23.6. The summed E-state index contributed by atoms with van der Waals surface area (Å²) in [7, 11) is 0. The van der Waals surface area contributed by atoms with E-state index >= 15 is 0 Å². The van der Waals surface area contributed by atoms with E-state index in [0.717, 1.165) is 12.1 Å². The number of aryl methyl sites for hydroxylation is 1. The molecule has 0 aromatic heterocycles. The Kier molecular flexibility index (Phi) is 7.71. The van der Waals surface area contributed by atoms with Crippen LogP contribution < -0.4 is 15.4 Å². The number of nitrogens with one attached hydrogen (secondary N) is 2. The van der Waals surface area contributed by atoms with Gasteiger partial charge in [-0.1, -0.05) is 29.3 Å². The second-order valence-electron chi connectivity index (χ2n) is 6.69. The lowest BCUT2D eigenvalue weighted by atomic mass is 10.1. The molecule has 0 saturated heterocycles. The van der Waals surface area contributed by atoms with Gasteiger partial charge in [0.2, 0.25) is 0 Å². The number of halogens is 5. The van der Waals surface area contributed by atoms with Crippen molar-refractivity contribution in [3.63, 3.8) is 0 Å². The number of hydrogen-bond donors (Lipinski definition) is 2. The summed E-state index contributed by atoms with van der Waals surface area (Å²) in [5.74, 6) is -2.07. The van der Waals surface area contributed by atoms with E-state index in [1.165, 1.54) is 6.07 Å². The molecule has 0 aliphatic heterocycles. The summed E-state index contributed by atoms with van der Waals surface area (Å²) in [5.41, 5.74) is 1.11. The summed E-state index contributed by atoms with van der Waals surface area (Å²) in [6, 6.07) is 9.91. The maximum atomic E-state index is 13.8. The summed E-state index contributed by atoms with van der Waals surface area (Å²) >= 11 is 21.0. The molecule has 166 valence electrons. The molecule has 0 spiro atoms. The topological polar surface area (TPSA) is 50.4 Å². The van der Waals surface area contributed by atoms with Crippen LogP contribution in [0.1, 0.15) is 21.5 Å². The van der Waals surface area contributed by atoms with Gasteiger partial charge in [0.1, 0.15) is 28.7 Å². The molecular weight excluding hydrogens is 545 g/mol. The predicted octanol–water partition coefficient (Wildman–Crippen LogP) is 7.57. The van der Waals surface area contributed by atoms with Gasteiger partial charge in [0.05, 0.1) is 9.50 Å². The fourth-order valence-corrected chi connectivity index (χ4v) is 4.04. The molecule has 0 fully saturated rings. The molecule has 0 atom stereocenters. The van der Waals surface area contributed by atoms with E-state index in [2.05, 4.69) is 26.6 Å². The number of rotatable bonds is 4. The highest BCUT2D eigenvalue weighted by molar-refractivity contribution is 9.10. The van der Waals surface area contributed by atoms with Crippen LogP contribution in [0.25, 0.3) is 0 Å². The maximum Gasteiger partial charge on any atom is 0.263 e. The van der Waals surface area contributed by atoms with Crippen LogP contribution in [-0.4, -0.2) is 11.0 Å². The van der Waals surface area contributed by atoms with Crippen LogP contribution in [0.15, 0.2) is 46.9 Å². The third-order valence-electron chi connectivity index (χ3n) is 4.43. The summed E-state index contributed by atoms with van der Waals surface area (Å²) in [4.78, 5) is 12.3. The van der Waals surface area contributed by atoms with Crippen LogP contribution in [0.4, 0.5) is 14.5 Å². The minimum Gasteiger partial charge on any atom is -0.455 e. The second kappa shape index (κ2) is 10.1. The van der Waals surface area contributed by atoms with E-state index in [9.17, 15) is 13.6 Å². The molecule has 10 heteroatoms. The number of amides is 1. The molecule has 0 radical (unpaired) electrons. The first-order valence-corrected chi connectivity index (χ1v) is 11.0. The highest BCUT2D eigenvalue weighted by Gasteiger charge is 2.20. The number of hydrogen-bond acceptors (Lipinski definition) is 3. The van der Waals surface area contributed by atoms with E-state index in [4.69, 9.17) is 40.2 Å². The molecular formula is C22H15BrCl2F2N2O2S. The molecule has 3 rings (SSSR count). The smallest absolute Gasteiger partial charge is 0.263 e. The molecule has 0 aliphatic rings. The van der Waals surface area contributed by atoms with Crippen molar-refractivity contribution in [3.8, 4) is 11.5 Å². The van der Waals surface area contributed by atoms with Crippen LogP contribution in [0.2, 0.25) is 10.0 Å². The number of anilines is 1. The van der Waals surface area contributed by atoms with Crippen LogP contribution in [-0.2, 0) is 0 Å². The van der Waals surface area contributed by atoms with Crippen molar-refractivity contribution in [3.05, 3.63) is 85.3 Å². The third kappa shape index (κ3) is 5.38. The summed E-state index contributed by atoms with van der Waals surface area (Å²) in [5, 5.41) is 5.85. The lowest BCUT2D eigenvalue weighted by Gasteiger charge is -2.18. The Morgan fingerprint density at radius 1 is 1.06 bits per heavy atom. The molecule has 0 heterocycles. The Morgan fingerprint density at radius 3 is 2.34 bits per heavy atom. The predicted molar refractivity (Wildman–Crippen MR) is 130 cm³/mol. The Morgan fingerprint density at radius 2 is 1.72 bits per heavy atom. The van der Waals surface area contributed by atoms with Crippen molar-refractivity contribution in [2.24, 2.45) is 0 Å². The van der Waals surface area contributed by atoms with E-state index in [1.54, 1.807) is 38.1 Å². The SMILES string of the molecule is Cc1cc(Oc2ccc(Cl)cc2Br)c(Cl)c(C)c1NC(=S)NC(=O)c1c(F)cccc1F. The average molecular weight is 560 g/mol. The molecule has 3 aromatic rings. The monoisotopic (exact) mass is 558 g/mol. The molecule has 1 amide bonds. The second-order valence-corrected chi connectivity index (χ2v) is 8.76. The van der Waals surface area contributed by atoms with Gasteiger partial charge in [-0.3, -0.25) is 10.1 Å². The molecule has 0 unspecified atom stereocenters. The molecule has 2 N–H and O–H groups in total. The minimum absolute atomic E-state index is 0.144. The van der Waals surface area contributed by atoms with Gasteiger partial charge < -0.3 is 10.1 Å². The van der Waals surface area contributed by atoms with Crippen LogP contribution in [0.5, 0.6) is 11.5 Å². The summed E-state index contributed by atoms with van der Waals surface area (Å²) in [6.45, 7) is 3.53. The molecule has 32 heavy (non-hydrogen) atoms. The first kappa shape index (κ1) is 24.4. The fraction of sp³-hybridized carbons (Fsp3) is 0.0909. The van der Waals surface area contributed by atoms with Crippen molar-refractivity contribution >= 4 is 68.1 Å². The van der Waals surface area contributed by atoms with Gasteiger partial charge in [0.15, 0.2) is 5.11 Å². The number of thiocarbonyl (C=S) groups is 1. The van der Waals surface area contributed by atoms with Gasteiger partial charge in [0.25, 0.3) is 5.91 Å². The number of benzene rings is 3. The van der Waals surface area contributed by atoms with E-state index < -0.39 is 23.1 Å². The minimum atomic E-state index is -1.01. The molecule has 0 bridgehead atoms. The van der Waals surface area contributed by atoms with Gasteiger partial charge in [-0.05, 0) is 89.5 Å². The van der Waals surface area contributed by atoms with Gasteiger partial charge >= 0.3 is 0 Å². The fourth-order valence-electron chi connectivity index (χ4n) is 2.89. The summed E-state index contributed by atoms with van der Waals surface area (Å²) in [6.07, 6.45) is 0. The van der Waals surface area contributed by atoms with Crippen LogP contribution in [0.3, 0.4) is 0 Å². The third-order valence-corrected chi connectivity index (χ3v) is 5.96. The lowest BCUT2D eigenvalue weighted by molar-refractivity contribution is 0.0969. The Labute approximate surface area is 207 Å². The molecule has 3 aromatic carbocycles. The van der Waals surface area contributed by atoms with Gasteiger partial charge in [0, 0.05) is 10.7 Å². The number of carbonyl (C=O) groups excluding carboxylic acids is 1. The van der Waals surface area contributed by atoms with Crippen LogP contribution in [0, 0.1) is 25.5 Å². The van der Waals surface area contributed by atoms with Crippen molar-refractivity contribution in [2.45, 2.75) is 13.8 Å². The van der Waals surface area contributed by atoms with Crippen molar-refractivity contribution in [2.75, 3.05) is 5.32 Å². The van der Waals surface area contributed by atoms with Gasteiger partial charge in [-0.25, -0.2) is 8.78 Å². The highest BCUT2D eigenvalue weighted by Crippen LogP contribution is 2.40. The largest absolute Gasteiger partial charge is 0.455 e. The normalized spacial score (nSPS) is 10.6. The quantitative estimate of drug-likeness (QED) is 0.324. The molecule has 4 nitrogen and oxygen atoms in total. The van der Waals surface area contributed by atoms with E-state index in [0.29, 0.717) is 42.8 Å². The average Bonchev–Trinajstić information content (AvgIpc) is 2.71. The zero-order valence-corrected chi connectivity index (χ0v) is 20.6. The Balaban J connectivity index is 1.81. The van der Waals surface area contributed by atoms with Crippen molar-refractivity contribution < 1.29 is 18.3 Å². The Hall–Kier alpha value is -2.26. The standard InChI is InChI=1S/C22H15BrCl2F2N2O2S/c1-10-8-17(31-16-7-6-12(24)9-13(16)23)19(25)11(2)20(10)28-22(32)29-21(30)18-14(26)4-3-5-15(18)27/h3-9H,1-2H3,(H2,28,29,30,32). The first-order chi connectivity index (χ1) is 15.1. The van der Waals surface area contributed by atoms with E-state index in [1.807, 2.05) is 0 Å². The lowest BCUT2D eigenvalue weighted by Crippen LogP contribution is -2.35. The zero-order valence-electron chi connectivity index (χ0n) is 16.7. The maximum absolute atomic E-state index is 13.8. The number of ether oxygens (including phenoxy) is 1. The van der Waals surface area contributed by atoms with Gasteiger partial charge in [-0.15, -0.1) is 0 Å². The Bertz CT molecular complexity index is 1220. The molecule has 0 aliphatic carbocycles. The van der Waals surface area contributed by atoms with Crippen molar-refractivity contribution in [1.29, 1.82) is 0 Å². The highest BCUT2D eigenvalue weighted by atomic mass is 79.9. The van der Waals surface area contributed by atoms with Crippen molar-refractivity contribution in [1.82, 2.24) is 5.32 Å². The van der Waals surface area contributed by atoms with Crippen LogP contribution >= 0.6 is 51.3 Å². The molecule has 0 saturated carbocycles. The van der Waals surface area contributed by atoms with E-state index in [-0.39, 0.29) is 5.11 Å². The summed E-state index contributed by atoms with van der Waals surface area (Å²) < 4.78 is 34.2. The first-order valence-electron chi connectivity index (χ1n) is 9.07.